The average Bonchev–Trinajstić information content (AvgIpc) is 2.83. The summed E-state index contributed by atoms with van der Waals surface area (Å²) in [6.45, 7) is 6.89. The van der Waals surface area contributed by atoms with E-state index in [0.717, 1.165) is 43.1 Å². The Bertz CT molecular complexity index is 1060. The van der Waals surface area contributed by atoms with E-state index >= 15 is 0 Å². The van der Waals surface area contributed by atoms with E-state index in [1.54, 1.807) is 18.3 Å². The molecule has 178 valence electrons. The molecule has 1 amide bonds. The highest BCUT2D eigenvalue weighted by molar-refractivity contribution is 7.89. The second-order valence-electron chi connectivity index (χ2n) is 8.99. The molecule has 2 aliphatic heterocycles. The van der Waals surface area contributed by atoms with E-state index < -0.39 is 10.0 Å². The molecule has 0 spiro atoms. The minimum atomic E-state index is -3.52. The number of piperidine rings is 1. The third-order valence-corrected chi connectivity index (χ3v) is 8.52. The zero-order valence-corrected chi connectivity index (χ0v) is 20.2. The lowest BCUT2D eigenvalue weighted by atomic mass is 9.97. The van der Waals surface area contributed by atoms with Gasteiger partial charge < -0.3 is 15.1 Å². The first kappa shape index (κ1) is 23.7. The summed E-state index contributed by atoms with van der Waals surface area (Å²) in [4.78, 5) is 22.3. The molecule has 0 aliphatic carbocycles. The molecular formula is C24H33N5O3S. The highest BCUT2D eigenvalue weighted by Crippen LogP contribution is 2.25. The van der Waals surface area contributed by atoms with Gasteiger partial charge in [0.2, 0.25) is 15.9 Å². The summed E-state index contributed by atoms with van der Waals surface area (Å²) in [6.07, 6.45) is 2.84. The maximum Gasteiger partial charge on any atom is 0.243 e. The van der Waals surface area contributed by atoms with Crippen LogP contribution in [-0.2, 0) is 21.4 Å². The van der Waals surface area contributed by atoms with Crippen molar-refractivity contribution in [3.63, 3.8) is 0 Å². The number of benzene rings is 1. The molecular weight excluding hydrogens is 438 g/mol. The Morgan fingerprint density at radius 1 is 1.03 bits per heavy atom. The van der Waals surface area contributed by atoms with Crippen LogP contribution in [0.4, 0.5) is 5.82 Å². The van der Waals surface area contributed by atoms with E-state index in [-0.39, 0.29) is 11.8 Å². The normalized spacial score (nSPS) is 18.9. The summed E-state index contributed by atoms with van der Waals surface area (Å²) in [7, 11) is -1.40. The summed E-state index contributed by atoms with van der Waals surface area (Å²) in [5.41, 5.74) is 2.03. The predicted molar refractivity (Wildman–Crippen MR) is 128 cm³/mol. The second-order valence-corrected chi connectivity index (χ2v) is 10.9. The van der Waals surface area contributed by atoms with Gasteiger partial charge in [-0.25, -0.2) is 13.4 Å². The lowest BCUT2D eigenvalue weighted by molar-refractivity contribution is -0.126. The third kappa shape index (κ3) is 5.54. The van der Waals surface area contributed by atoms with Crippen LogP contribution in [0.2, 0.25) is 0 Å². The molecule has 3 heterocycles. The molecule has 0 bridgehead atoms. The summed E-state index contributed by atoms with van der Waals surface area (Å²) in [5.74, 6) is 0.735. The van der Waals surface area contributed by atoms with E-state index in [0.29, 0.717) is 37.4 Å². The lowest BCUT2D eigenvalue weighted by Crippen LogP contribution is -2.45. The van der Waals surface area contributed by atoms with Crippen molar-refractivity contribution in [2.45, 2.75) is 31.2 Å². The smallest absolute Gasteiger partial charge is 0.243 e. The molecule has 0 unspecified atom stereocenters. The van der Waals surface area contributed by atoms with Gasteiger partial charge in [0.25, 0.3) is 0 Å². The maximum absolute atomic E-state index is 12.9. The van der Waals surface area contributed by atoms with Gasteiger partial charge in [0.1, 0.15) is 5.82 Å². The monoisotopic (exact) mass is 471 g/mol. The lowest BCUT2D eigenvalue weighted by Gasteiger charge is -2.34. The summed E-state index contributed by atoms with van der Waals surface area (Å²) >= 11 is 0. The highest BCUT2D eigenvalue weighted by atomic mass is 32.2. The molecule has 8 nitrogen and oxygen atoms in total. The van der Waals surface area contributed by atoms with Crippen LogP contribution >= 0.6 is 0 Å². The zero-order valence-electron chi connectivity index (χ0n) is 19.4. The number of nitrogens with one attached hydrogen (secondary N) is 1. The number of amides is 1. The number of carbonyl (C=O) groups excluding carboxylic acids is 1. The van der Waals surface area contributed by atoms with Crippen molar-refractivity contribution < 1.29 is 13.2 Å². The molecule has 2 fully saturated rings. The summed E-state index contributed by atoms with van der Waals surface area (Å²) < 4.78 is 27.3. The first-order valence-electron chi connectivity index (χ1n) is 11.6. The van der Waals surface area contributed by atoms with Crippen molar-refractivity contribution in [2.24, 2.45) is 5.92 Å². The standard InChI is InChI=1S/C24H33N5O3S/c1-19-5-7-22(8-6-19)33(31,32)29-12-9-20(10-13-29)24(30)26-18-21-4-3-11-25-23(21)28-16-14-27(2)15-17-28/h3-8,11,20H,9-10,12-18H2,1-2H3,(H,26,30). The van der Waals surface area contributed by atoms with Crippen molar-refractivity contribution in [1.29, 1.82) is 0 Å². The van der Waals surface area contributed by atoms with Gasteiger partial charge in [0.15, 0.2) is 0 Å². The Labute approximate surface area is 196 Å². The van der Waals surface area contributed by atoms with Crippen LogP contribution in [0.25, 0.3) is 0 Å². The van der Waals surface area contributed by atoms with Crippen LogP contribution < -0.4 is 10.2 Å². The largest absolute Gasteiger partial charge is 0.354 e. The van der Waals surface area contributed by atoms with Crippen LogP contribution in [0.15, 0.2) is 47.5 Å². The van der Waals surface area contributed by atoms with Gasteiger partial charge in [-0.15, -0.1) is 0 Å². The van der Waals surface area contributed by atoms with Gasteiger partial charge in [0, 0.05) is 63.5 Å². The van der Waals surface area contributed by atoms with Gasteiger partial charge >= 0.3 is 0 Å². The number of hydrogen-bond acceptors (Lipinski definition) is 6. The number of pyridine rings is 1. The van der Waals surface area contributed by atoms with E-state index in [9.17, 15) is 13.2 Å². The van der Waals surface area contributed by atoms with Crippen LogP contribution in [-0.4, -0.2) is 74.8 Å². The van der Waals surface area contributed by atoms with Crippen molar-refractivity contribution in [1.82, 2.24) is 19.5 Å². The predicted octanol–water partition coefficient (Wildman–Crippen LogP) is 1.86. The highest BCUT2D eigenvalue weighted by Gasteiger charge is 2.32. The fraction of sp³-hybridized carbons (Fsp3) is 0.500. The zero-order chi connectivity index (χ0) is 23.4. The van der Waals surface area contributed by atoms with E-state index in [1.807, 2.05) is 31.2 Å². The molecule has 0 saturated carbocycles. The Balaban J connectivity index is 1.32. The van der Waals surface area contributed by atoms with Crippen molar-refractivity contribution in [2.75, 3.05) is 51.2 Å². The van der Waals surface area contributed by atoms with E-state index in [2.05, 4.69) is 27.1 Å². The third-order valence-electron chi connectivity index (χ3n) is 6.61. The van der Waals surface area contributed by atoms with Crippen LogP contribution in [0, 0.1) is 12.8 Å². The van der Waals surface area contributed by atoms with Gasteiger partial charge in [-0.1, -0.05) is 23.8 Å². The number of anilines is 1. The SMILES string of the molecule is Cc1ccc(S(=O)(=O)N2CCC(C(=O)NCc3cccnc3N3CCN(C)CC3)CC2)cc1. The summed E-state index contributed by atoms with van der Waals surface area (Å²) in [5, 5.41) is 3.06. The Morgan fingerprint density at radius 2 is 1.70 bits per heavy atom. The van der Waals surface area contributed by atoms with Crippen molar-refractivity contribution in [3.05, 3.63) is 53.7 Å². The summed E-state index contributed by atoms with van der Waals surface area (Å²) in [6, 6.07) is 10.8. The number of rotatable bonds is 6. The molecule has 1 aromatic carbocycles. The quantitative estimate of drug-likeness (QED) is 0.692. The van der Waals surface area contributed by atoms with Crippen LogP contribution in [0.5, 0.6) is 0 Å². The molecule has 9 heteroatoms. The molecule has 1 aromatic heterocycles. The van der Waals surface area contributed by atoms with E-state index in [4.69, 9.17) is 0 Å². The van der Waals surface area contributed by atoms with Gasteiger partial charge in [-0.3, -0.25) is 4.79 Å². The maximum atomic E-state index is 12.9. The van der Waals surface area contributed by atoms with Gasteiger partial charge in [-0.2, -0.15) is 4.31 Å². The molecule has 1 N–H and O–H groups in total. The number of aryl methyl sites for hydroxylation is 1. The average molecular weight is 472 g/mol. The number of carbonyl (C=O) groups is 1. The van der Waals surface area contributed by atoms with Crippen molar-refractivity contribution in [3.8, 4) is 0 Å². The molecule has 33 heavy (non-hydrogen) atoms. The first-order chi connectivity index (χ1) is 15.8. The van der Waals surface area contributed by atoms with Crippen LogP contribution in [0.1, 0.15) is 24.0 Å². The van der Waals surface area contributed by atoms with Gasteiger partial charge in [-0.05, 0) is 45.0 Å². The first-order valence-corrected chi connectivity index (χ1v) is 13.0. The Morgan fingerprint density at radius 3 is 2.36 bits per heavy atom. The molecule has 0 radical (unpaired) electrons. The Hall–Kier alpha value is -2.49. The molecule has 2 aliphatic rings. The molecule has 2 aromatic rings. The van der Waals surface area contributed by atoms with E-state index in [1.165, 1.54) is 4.31 Å². The number of nitrogens with zero attached hydrogens (tertiary/aromatic N) is 4. The minimum Gasteiger partial charge on any atom is -0.354 e. The number of likely N-dealkylation sites (N-methyl/N-ethyl adjacent to an activating group) is 1. The Kier molecular flexibility index (Phi) is 7.31. The minimum absolute atomic E-state index is 0.0180. The number of aromatic nitrogens is 1. The molecule has 0 atom stereocenters. The fourth-order valence-corrected chi connectivity index (χ4v) is 5.89. The second kappa shape index (κ2) is 10.2. The van der Waals surface area contributed by atoms with Crippen LogP contribution in [0.3, 0.4) is 0 Å². The number of sulfonamides is 1. The topological polar surface area (TPSA) is 85.8 Å². The molecule has 4 rings (SSSR count). The van der Waals surface area contributed by atoms with Crippen molar-refractivity contribution >= 4 is 21.7 Å². The number of hydrogen-bond donors (Lipinski definition) is 1. The fourth-order valence-electron chi connectivity index (χ4n) is 4.42. The number of piperazine rings is 1. The molecule has 2 saturated heterocycles. The van der Waals surface area contributed by atoms with Gasteiger partial charge in [0.05, 0.1) is 4.90 Å².